The van der Waals surface area contributed by atoms with Crippen LogP contribution in [-0.4, -0.2) is 16.2 Å². The molecule has 2 rings (SSSR count). The molecule has 0 bridgehead atoms. The Bertz CT molecular complexity index is 622. The molecule has 4 heteroatoms. The molecule has 1 atom stereocenters. The maximum atomic E-state index is 11.7. The monoisotopic (exact) mass is 271 g/mol. The Kier molecular flexibility index (Phi) is 3.66. The highest BCUT2D eigenvalue weighted by molar-refractivity contribution is 5.84. The first kappa shape index (κ1) is 13.9. The van der Waals surface area contributed by atoms with E-state index in [0.29, 0.717) is 5.56 Å². The molecule has 104 valence electrons. The molecule has 2 aromatic rings. The quantitative estimate of drug-likeness (QED) is 0.799. The van der Waals surface area contributed by atoms with E-state index in [1.54, 1.807) is 19.1 Å². The lowest BCUT2D eigenvalue weighted by molar-refractivity contribution is -0.142. The van der Waals surface area contributed by atoms with Crippen molar-refractivity contribution in [2.75, 3.05) is 5.32 Å². The number of hydrogen-bond donors (Lipinski definition) is 3. The maximum absolute atomic E-state index is 11.7. The summed E-state index contributed by atoms with van der Waals surface area (Å²) >= 11 is 0. The fourth-order valence-electron chi connectivity index (χ4n) is 2.06. The van der Waals surface area contributed by atoms with Gasteiger partial charge in [-0.1, -0.05) is 24.3 Å². The normalized spacial score (nSPS) is 13.5. The number of phenols is 1. The van der Waals surface area contributed by atoms with Crippen LogP contribution < -0.4 is 5.32 Å². The maximum Gasteiger partial charge on any atom is 0.333 e. The minimum atomic E-state index is -1.26. The SMILES string of the molecule is Cc1cccc(NC(C)(C(=O)O)c2ccc(O)cc2)c1. The number of carboxylic acids is 1. The summed E-state index contributed by atoms with van der Waals surface area (Å²) < 4.78 is 0. The zero-order valence-electron chi connectivity index (χ0n) is 11.4. The minimum absolute atomic E-state index is 0.108. The molecule has 2 aromatic carbocycles. The van der Waals surface area contributed by atoms with Gasteiger partial charge in [-0.2, -0.15) is 0 Å². The predicted molar refractivity (Wildman–Crippen MR) is 77.9 cm³/mol. The van der Waals surface area contributed by atoms with Gasteiger partial charge in [0, 0.05) is 5.69 Å². The highest BCUT2D eigenvalue weighted by Gasteiger charge is 2.35. The molecule has 0 amide bonds. The molecule has 0 fully saturated rings. The average molecular weight is 271 g/mol. The molecule has 0 aliphatic rings. The molecule has 0 aliphatic carbocycles. The zero-order chi connectivity index (χ0) is 14.8. The van der Waals surface area contributed by atoms with E-state index in [1.165, 1.54) is 12.1 Å². The van der Waals surface area contributed by atoms with Crippen molar-refractivity contribution in [1.82, 2.24) is 0 Å². The molecular weight excluding hydrogens is 254 g/mol. The number of carbonyl (C=O) groups is 1. The number of phenolic OH excluding ortho intramolecular Hbond substituents is 1. The summed E-state index contributed by atoms with van der Waals surface area (Å²) in [6, 6.07) is 13.7. The zero-order valence-corrected chi connectivity index (χ0v) is 11.4. The molecular formula is C16H17NO3. The summed E-state index contributed by atoms with van der Waals surface area (Å²) in [6.07, 6.45) is 0. The minimum Gasteiger partial charge on any atom is -0.508 e. The molecule has 0 saturated heterocycles. The molecule has 1 unspecified atom stereocenters. The van der Waals surface area contributed by atoms with E-state index in [4.69, 9.17) is 0 Å². The summed E-state index contributed by atoms with van der Waals surface area (Å²) in [5.41, 5.74) is 1.10. The van der Waals surface area contributed by atoms with Crippen molar-refractivity contribution in [3.05, 3.63) is 59.7 Å². The number of aryl methyl sites for hydroxylation is 1. The largest absolute Gasteiger partial charge is 0.508 e. The molecule has 20 heavy (non-hydrogen) atoms. The Hall–Kier alpha value is -2.49. The first-order chi connectivity index (χ1) is 9.41. The van der Waals surface area contributed by atoms with Gasteiger partial charge in [-0.05, 0) is 49.2 Å². The fourth-order valence-corrected chi connectivity index (χ4v) is 2.06. The van der Waals surface area contributed by atoms with Crippen molar-refractivity contribution < 1.29 is 15.0 Å². The summed E-state index contributed by atoms with van der Waals surface area (Å²) in [7, 11) is 0. The van der Waals surface area contributed by atoms with E-state index in [2.05, 4.69) is 5.32 Å². The fraction of sp³-hybridized carbons (Fsp3) is 0.188. The number of rotatable bonds is 4. The molecule has 0 aliphatic heterocycles. The van der Waals surface area contributed by atoms with Crippen LogP contribution in [-0.2, 0) is 10.3 Å². The molecule has 0 heterocycles. The third-order valence-corrected chi connectivity index (χ3v) is 3.28. The number of nitrogens with one attached hydrogen (secondary N) is 1. The van der Waals surface area contributed by atoms with Gasteiger partial charge < -0.3 is 15.5 Å². The van der Waals surface area contributed by atoms with Gasteiger partial charge in [0.15, 0.2) is 5.54 Å². The van der Waals surface area contributed by atoms with Gasteiger partial charge in [0.1, 0.15) is 5.75 Å². The highest BCUT2D eigenvalue weighted by Crippen LogP contribution is 2.28. The lowest BCUT2D eigenvalue weighted by Crippen LogP contribution is -2.40. The van der Waals surface area contributed by atoms with E-state index in [0.717, 1.165) is 11.3 Å². The van der Waals surface area contributed by atoms with Crippen molar-refractivity contribution in [2.24, 2.45) is 0 Å². The van der Waals surface area contributed by atoms with E-state index >= 15 is 0 Å². The van der Waals surface area contributed by atoms with Crippen LogP contribution in [0.15, 0.2) is 48.5 Å². The summed E-state index contributed by atoms with van der Waals surface area (Å²) in [5, 5.41) is 21.9. The lowest BCUT2D eigenvalue weighted by atomic mass is 9.91. The Balaban J connectivity index is 2.39. The van der Waals surface area contributed by atoms with Crippen molar-refractivity contribution in [3.8, 4) is 5.75 Å². The first-order valence-electron chi connectivity index (χ1n) is 6.29. The van der Waals surface area contributed by atoms with E-state index in [1.807, 2.05) is 31.2 Å². The van der Waals surface area contributed by atoms with Crippen molar-refractivity contribution >= 4 is 11.7 Å². The Labute approximate surface area is 117 Å². The van der Waals surface area contributed by atoms with Crippen LogP contribution in [0.4, 0.5) is 5.69 Å². The van der Waals surface area contributed by atoms with Crippen LogP contribution in [0, 0.1) is 6.92 Å². The predicted octanol–water partition coefficient (Wildman–Crippen LogP) is 3.11. The lowest BCUT2D eigenvalue weighted by Gasteiger charge is -2.28. The molecule has 3 N–H and O–H groups in total. The standard InChI is InChI=1S/C16H17NO3/c1-11-4-3-5-13(10-11)17-16(2,15(19)20)12-6-8-14(18)9-7-12/h3-10,17-18H,1-2H3,(H,19,20). The molecule has 0 radical (unpaired) electrons. The molecule has 0 aromatic heterocycles. The third-order valence-electron chi connectivity index (χ3n) is 3.28. The third kappa shape index (κ3) is 2.74. The highest BCUT2D eigenvalue weighted by atomic mass is 16.4. The second kappa shape index (κ2) is 5.25. The van der Waals surface area contributed by atoms with Crippen LogP contribution in [0.2, 0.25) is 0 Å². The summed E-state index contributed by atoms with van der Waals surface area (Å²) in [5.74, 6) is -0.873. The number of anilines is 1. The summed E-state index contributed by atoms with van der Waals surface area (Å²) in [4.78, 5) is 11.7. The molecule has 4 nitrogen and oxygen atoms in total. The van der Waals surface area contributed by atoms with Crippen LogP contribution in [0.3, 0.4) is 0 Å². The average Bonchev–Trinajstić information content (AvgIpc) is 2.39. The van der Waals surface area contributed by atoms with Crippen molar-refractivity contribution in [2.45, 2.75) is 19.4 Å². The van der Waals surface area contributed by atoms with Gasteiger partial charge in [-0.25, -0.2) is 4.79 Å². The first-order valence-corrected chi connectivity index (χ1v) is 6.29. The smallest absolute Gasteiger partial charge is 0.333 e. The number of hydrogen-bond acceptors (Lipinski definition) is 3. The Morgan fingerprint density at radius 2 is 1.80 bits per heavy atom. The van der Waals surface area contributed by atoms with Crippen LogP contribution in [0.1, 0.15) is 18.1 Å². The van der Waals surface area contributed by atoms with Crippen LogP contribution in [0.25, 0.3) is 0 Å². The van der Waals surface area contributed by atoms with E-state index in [9.17, 15) is 15.0 Å². The number of benzene rings is 2. The number of carboxylic acid groups (broad SMARTS) is 1. The molecule has 0 spiro atoms. The topological polar surface area (TPSA) is 69.6 Å². The van der Waals surface area contributed by atoms with Crippen molar-refractivity contribution in [1.29, 1.82) is 0 Å². The van der Waals surface area contributed by atoms with Gasteiger partial charge in [-0.15, -0.1) is 0 Å². The van der Waals surface area contributed by atoms with E-state index in [-0.39, 0.29) is 5.75 Å². The van der Waals surface area contributed by atoms with Gasteiger partial charge in [0.05, 0.1) is 0 Å². The van der Waals surface area contributed by atoms with Crippen LogP contribution in [0.5, 0.6) is 5.75 Å². The van der Waals surface area contributed by atoms with Crippen molar-refractivity contribution in [3.63, 3.8) is 0 Å². The second-order valence-corrected chi connectivity index (χ2v) is 4.97. The summed E-state index contributed by atoms with van der Waals surface area (Å²) in [6.45, 7) is 3.55. The van der Waals surface area contributed by atoms with Gasteiger partial charge >= 0.3 is 5.97 Å². The van der Waals surface area contributed by atoms with Gasteiger partial charge in [0.25, 0.3) is 0 Å². The van der Waals surface area contributed by atoms with E-state index < -0.39 is 11.5 Å². The van der Waals surface area contributed by atoms with Gasteiger partial charge in [-0.3, -0.25) is 0 Å². The molecule has 0 saturated carbocycles. The Morgan fingerprint density at radius 1 is 1.15 bits per heavy atom. The van der Waals surface area contributed by atoms with Crippen LogP contribution >= 0.6 is 0 Å². The number of aliphatic carboxylic acids is 1. The number of aromatic hydroxyl groups is 1. The van der Waals surface area contributed by atoms with Gasteiger partial charge in [0.2, 0.25) is 0 Å². The Morgan fingerprint density at radius 3 is 2.35 bits per heavy atom. The second-order valence-electron chi connectivity index (χ2n) is 4.97.